The van der Waals surface area contributed by atoms with Crippen molar-refractivity contribution in [2.24, 2.45) is 0 Å². The zero-order valence-electron chi connectivity index (χ0n) is 11.5. The Bertz CT molecular complexity index is 659. The van der Waals surface area contributed by atoms with Crippen LogP contribution in [0.1, 0.15) is 37.2 Å². The van der Waals surface area contributed by atoms with Crippen LogP contribution in [0.25, 0.3) is 5.65 Å². The lowest BCUT2D eigenvalue weighted by Crippen LogP contribution is -2.21. The van der Waals surface area contributed by atoms with Gasteiger partial charge in [0.05, 0.1) is 6.54 Å². The fourth-order valence-corrected chi connectivity index (χ4v) is 3.09. The summed E-state index contributed by atoms with van der Waals surface area (Å²) in [7, 11) is 0. The Morgan fingerprint density at radius 1 is 1.30 bits per heavy atom. The van der Waals surface area contributed by atoms with Gasteiger partial charge in [-0.15, -0.1) is 10.2 Å². The molecule has 0 amide bonds. The van der Waals surface area contributed by atoms with Crippen molar-refractivity contribution in [3.63, 3.8) is 0 Å². The summed E-state index contributed by atoms with van der Waals surface area (Å²) < 4.78 is 2.03. The molecule has 0 aliphatic heterocycles. The molecule has 3 heterocycles. The predicted molar refractivity (Wildman–Crippen MR) is 81.8 cm³/mol. The maximum atomic E-state index is 4.26. The van der Waals surface area contributed by atoms with E-state index in [-0.39, 0.29) is 0 Å². The molecule has 0 aromatic carbocycles. The van der Waals surface area contributed by atoms with Gasteiger partial charge < -0.3 is 5.32 Å². The van der Waals surface area contributed by atoms with Crippen molar-refractivity contribution in [3.05, 3.63) is 52.6 Å². The molecule has 3 aromatic rings. The summed E-state index contributed by atoms with van der Waals surface area (Å²) in [6, 6.07) is 8.54. The summed E-state index contributed by atoms with van der Waals surface area (Å²) in [5.41, 5.74) is 2.26. The van der Waals surface area contributed by atoms with E-state index in [9.17, 15) is 0 Å². The molecular weight excluding hydrogens is 268 g/mol. The molecule has 20 heavy (non-hydrogen) atoms. The number of hydrogen-bond donors (Lipinski definition) is 1. The largest absolute Gasteiger partial charge is 0.303 e. The number of nitrogens with zero attached hydrogens (tertiary/aromatic N) is 3. The molecule has 1 atom stereocenters. The van der Waals surface area contributed by atoms with Gasteiger partial charge in [0.25, 0.3) is 0 Å². The monoisotopic (exact) mass is 286 g/mol. The van der Waals surface area contributed by atoms with E-state index < -0.39 is 0 Å². The van der Waals surface area contributed by atoms with Crippen molar-refractivity contribution < 1.29 is 0 Å². The first-order valence-corrected chi connectivity index (χ1v) is 7.87. The molecule has 0 aliphatic rings. The zero-order valence-corrected chi connectivity index (χ0v) is 12.3. The Hall–Kier alpha value is -1.72. The average Bonchev–Trinajstić information content (AvgIpc) is 3.13. The number of pyridine rings is 1. The maximum absolute atomic E-state index is 4.26. The Labute approximate surface area is 122 Å². The van der Waals surface area contributed by atoms with Crippen LogP contribution in [-0.4, -0.2) is 14.6 Å². The lowest BCUT2D eigenvalue weighted by molar-refractivity contribution is 0.485. The quantitative estimate of drug-likeness (QED) is 0.755. The van der Waals surface area contributed by atoms with Crippen LogP contribution in [0, 0.1) is 0 Å². The van der Waals surface area contributed by atoms with Crippen molar-refractivity contribution >= 4 is 17.0 Å². The highest BCUT2D eigenvalue weighted by atomic mass is 32.1. The molecule has 0 bridgehead atoms. The minimum Gasteiger partial charge on any atom is -0.303 e. The topological polar surface area (TPSA) is 42.2 Å². The fraction of sp³-hybridized carbons (Fsp3) is 0.333. The van der Waals surface area contributed by atoms with Crippen molar-refractivity contribution in [2.45, 2.75) is 32.4 Å². The van der Waals surface area contributed by atoms with Gasteiger partial charge >= 0.3 is 0 Å². The molecule has 0 unspecified atom stereocenters. The van der Waals surface area contributed by atoms with Crippen molar-refractivity contribution in [2.75, 3.05) is 0 Å². The minimum absolute atomic E-state index is 0.391. The van der Waals surface area contributed by atoms with E-state index in [1.165, 1.54) is 5.56 Å². The maximum Gasteiger partial charge on any atom is 0.160 e. The standard InChI is InChI=1S/C15H18N4S/c1-2-5-13(12-7-9-20-11-12)16-10-15-18-17-14-6-3-4-8-19(14)15/h3-4,6-9,11,13,16H,2,5,10H2,1H3/t13-/m0/s1. The molecule has 0 saturated carbocycles. The first-order valence-electron chi connectivity index (χ1n) is 6.92. The van der Waals surface area contributed by atoms with E-state index in [1.54, 1.807) is 11.3 Å². The van der Waals surface area contributed by atoms with Gasteiger partial charge in [0.15, 0.2) is 11.5 Å². The van der Waals surface area contributed by atoms with Crippen LogP contribution in [0.4, 0.5) is 0 Å². The van der Waals surface area contributed by atoms with Gasteiger partial charge in [0.2, 0.25) is 0 Å². The van der Waals surface area contributed by atoms with E-state index in [0.29, 0.717) is 6.04 Å². The summed E-state index contributed by atoms with van der Waals surface area (Å²) >= 11 is 1.75. The molecule has 0 aliphatic carbocycles. The fourth-order valence-electron chi connectivity index (χ4n) is 2.37. The SMILES string of the molecule is CCC[C@H](NCc1nnc2ccccn12)c1ccsc1. The number of thiophene rings is 1. The molecular formula is C15H18N4S. The van der Waals surface area contributed by atoms with Crippen LogP contribution in [0.3, 0.4) is 0 Å². The van der Waals surface area contributed by atoms with E-state index in [2.05, 4.69) is 39.3 Å². The highest BCUT2D eigenvalue weighted by molar-refractivity contribution is 7.07. The van der Waals surface area contributed by atoms with Crippen LogP contribution >= 0.6 is 11.3 Å². The third kappa shape index (κ3) is 2.73. The van der Waals surface area contributed by atoms with Crippen molar-refractivity contribution in [3.8, 4) is 0 Å². The summed E-state index contributed by atoms with van der Waals surface area (Å²) in [4.78, 5) is 0. The third-order valence-corrected chi connectivity index (χ3v) is 4.12. The highest BCUT2D eigenvalue weighted by Crippen LogP contribution is 2.21. The minimum atomic E-state index is 0.391. The van der Waals surface area contributed by atoms with Crippen LogP contribution < -0.4 is 5.32 Å². The predicted octanol–water partition coefficient (Wildman–Crippen LogP) is 3.42. The van der Waals surface area contributed by atoms with Crippen molar-refractivity contribution in [1.29, 1.82) is 0 Å². The number of rotatable bonds is 6. The molecule has 3 rings (SSSR count). The number of nitrogens with one attached hydrogen (secondary N) is 1. The molecule has 0 radical (unpaired) electrons. The van der Waals surface area contributed by atoms with Gasteiger partial charge in [-0.1, -0.05) is 19.4 Å². The van der Waals surface area contributed by atoms with E-state index >= 15 is 0 Å². The molecule has 0 saturated heterocycles. The number of fused-ring (bicyclic) bond motifs is 1. The molecule has 4 nitrogen and oxygen atoms in total. The third-order valence-electron chi connectivity index (χ3n) is 3.41. The van der Waals surface area contributed by atoms with Crippen molar-refractivity contribution in [1.82, 2.24) is 19.9 Å². The van der Waals surface area contributed by atoms with E-state index in [0.717, 1.165) is 30.9 Å². The normalized spacial score (nSPS) is 12.8. The van der Waals surface area contributed by atoms with E-state index in [1.807, 2.05) is 28.8 Å². The van der Waals surface area contributed by atoms with Gasteiger partial charge in [-0.05, 0) is 40.9 Å². The molecule has 0 fully saturated rings. The van der Waals surface area contributed by atoms with Gasteiger partial charge in [0.1, 0.15) is 0 Å². The summed E-state index contributed by atoms with van der Waals surface area (Å²) in [6.07, 6.45) is 4.30. The Kier molecular flexibility index (Phi) is 4.08. The Morgan fingerprint density at radius 3 is 3.05 bits per heavy atom. The molecule has 104 valence electrons. The number of hydrogen-bond acceptors (Lipinski definition) is 4. The van der Waals surface area contributed by atoms with Crippen LogP contribution in [0.15, 0.2) is 41.2 Å². The van der Waals surface area contributed by atoms with Gasteiger partial charge in [-0.25, -0.2) is 0 Å². The van der Waals surface area contributed by atoms with Gasteiger partial charge in [-0.3, -0.25) is 4.40 Å². The lowest BCUT2D eigenvalue weighted by atomic mass is 10.1. The second-order valence-electron chi connectivity index (χ2n) is 4.82. The van der Waals surface area contributed by atoms with Gasteiger partial charge in [-0.2, -0.15) is 11.3 Å². The summed E-state index contributed by atoms with van der Waals surface area (Å²) in [5, 5.41) is 16.4. The number of aromatic nitrogens is 3. The molecule has 1 N–H and O–H groups in total. The van der Waals surface area contributed by atoms with Crippen LogP contribution in [-0.2, 0) is 6.54 Å². The average molecular weight is 286 g/mol. The zero-order chi connectivity index (χ0) is 13.8. The molecule has 5 heteroatoms. The summed E-state index contributed by atoms with van der Waals surface area (Å²) in [5.74, 6) is 0.955. The lowest BCUT2D eigenvalue weighted by Gasteiger charge is -2.16. The summed E-state index contributed by atoms with van der Waals surface area (Å²) in [6.45, 7) is 2.94. The van der Waals surface area contributed by atoms with Gasteiger partial charge in [0, 0.05) is 12.2 Å². The second kappa shape index (κ2) is 6.15. The second-order valence-corrected chi connectivity index (χ2v) is 5.60. The Morgan fingerprint density at radius 2 is 2.25 bits per heavy atom. The van der Waals surface area contributed by atoms with Crippen LogP contribution in [0.2, 0.25) is 0 Å². The first-order chi connectivity index (χ1) is 9.88. The van der Waals surface area contributed by atoms with Crippen LogP contribution in [0.5, 0.6) is 0 Å². The highest BCUT2D eigenvalue weighted by Gasteiger charge is 2.12. The van der Waals surface area contributed by atoms with E-state index in [4.69, 9.17) is 0 Å². The smallest absolute Gasteiger partial charge is 0.160 e. The first kappa shape index (κ1) is 13.3. The molecule has 0 spiro atoms. The molecule has 3 aromatic heterocycles. The Balaban J connectivity index is 1.74.